The van der Waals surface area contributed by atoms with Crippen LogP contribution in [0.1, 0.15) is 47.8 Å². The molecule has 0 aromatic carbocycles. The number of amides is 1. The first-order valence-corrected chi connectivity index (χ1v) is 8.81. The van der Waals surface area contributed by atoms with Crippen molar-refractivity contribution in [1.29, 1.82) is 0 Å². The Bertz CT molecular complexity index is 721. The maximum absolute atomic E-state index is 11.7. The molecule has 0 aliphatic carbocycles. The van der Waals surface area contributed by atoms with Crippen LogP contribution in [0.15, 0.2) is 6.07 Å². The lowest BCUT2D eigenvalue weighted by Crippen LogP contribution is -2.37. The van der Waals surface area contributed by atoms with Crippen LogP contribution in [-0.2, 0) is 4.79 Å². The molecule has 1 aliphatic rings. The number of hydrogen-bond acceptors (Lipinski definition) is 5. The molecule has 1 fully saturated rings. The Hall–Kier alpha value is -1.82. The fraction of sp³-hybridized carbons (Fsp3) is 0.529. The lowest BCUT2D eigenvalue weighted by atomic mass is 9.94. The second-order valence-electron chi connectivity index (χ2n) is 6.19. The van der Waals surface area contributed by atoms with Crippen LogP contribution >= 0.6 is 11.3 Å². The summed E-state index contributed by atoms with van der Waals surface area (Å²) in [6.07, 6.45) is 2.09. The molecule has 1 saturated heterocycles. The van der Waals surface area contributed by atoms with Gasteiger partial charge in [0.05, 0.1) is 5.69 Å². The topological polar surface area (TPSA) is 59.0 Å². The molecule has 1 aliphatic heterocycles. The van der Waals surface area contributed by atoms with E-state index in [9.17, 15) is 4.79 Å². The van der Waals surface area contributed by atoms with E-state index in [4.69, 9.17) is 0 Å². The Morgan fingerprint density at radius 2 is 2.04 bits per heavy atom. The summed E-state index contributed by atoms with van der Waals surface area (Å²) in [5.41, 5.74) is 2.99. The number of thiazole rings is 1. The van der Waals surface area contributed by atoms with Gasteiger partial charge in [-0.15, -0.1) is 11.3 Å². The SMILES string of the molecule is CC(=O)N1CCC[C@@H](c2cc(-c3nc(C)c(C)s3)nc(C)n2)C1. The summed E-state index contributed by atoms with van der Waals surface area (Å²) in [5.74, 6) is 1.20. The summed E-state index contributed by atoms with van der Waals surface area (Å²) in [7, 11) is 0. The van der Waals surface area contributed by atoms with E-state index in [0.29, 0.717) is 0 Å². The minimum absolute atomic E-state index is 0.145. The third-order valence-corrected chi connectivity index (χ3v) is 5.49. The van der Waals surface area contributed by atoms with E-state index in [1.165, 1.54) is 4.88 Å². The molecule has 23 heavy (non-hydrogen) atoms. The molecular formula is C17H22N4OS. The van der Waals surface area contributed by atoms with Gasteiger partial charge < -0.3 is 4.90 Å². The molecule has 0 N–H and O–H groups in total. The van der Waals surface area contributed by atoms with E-state index in [-0.39, 0.29) is 11.8 Å². The largest absolute Gasteiger partial charge is 0.342 e. The van der Waals surface area contributed by atoms with Gasteiger partial charge >= 0.3 is 0 Å². The number of carbonyl (C=O) groups is 1. The van der Waals surface area contributed by atoms with Gasteiger partial charge in [-0.2, -0.15) is 0 Å². The van der Waals surface area contributed by atoms with Crippen LogP contribution in [0.3, 0.4) is 0 Å². The maximum atomic E-state index is 11.7. The summed E-state index contributed by atoms with van der Waals surface area (Å²) < 4.78 is 0. The zero-order chi connectivity index (χ0) is 16.6. The van der Waals surface area contributed by atoms with Gasteiger partial charge in [-0.05, 0) is 39.7 Å². The van der Waals surface area contributed by atoms with E-state index < -0.39 is 0 Å². The molecule has 1 amide bonds. The first-order chi connectivity index (χ1) is 10.9. The molecule has 0 spiro atoms. The van der Waals surface area contributed by atoms with E-state index in [0.717, 1.165) is 53.8 Å². The molecule has 3 rings (SSSR count). The van der Waals surface area contributed by atoms with Crippen molar-refractivity contribution in [2.45, 2.75) is 46.5 Å². The van der Waals surface area contributed by atoms with Crippen LogP contribution in [0.4, 0.5) is 0 Å². The molecule has 3 heterocycles. The minimum atomic E-state index is 0.145. The van der Waals surface area contributed by atoms with Crippen molar-refractivity contribution < 1.29 is 4.79 Å². The van der Waals surface area contributed by atoms with Gasteiger partial charge in [-0.3, -0.25) is 4.79 Å². The number of nitrogens with zero attached hydrogens (tertiary/aromatic N) is 4. The lowest BCUT2D eigenvalue weighted by molar-refractivity contribution is -0.130. The second kappa shape index (κ2) is 6.35. The summed E-state index contributed by atoms with van der Waals surface area (Å²) in [4.78, 5) is 28.6. The monoisotopic (exact) mass is 330 g/mol. The first kappa shape index (κ1) is 16.1. The van der Waals surface area contributed by atoms with Crippen LogP contribution in [0.25, 0.3) is 10.7 Å². The van der Waals surface area contributed by atoms with Gasteiger partial charge in [-0.1, -0.05) is 0 Å². The van der Waals surface area contributed by atoms with Crippen LogP contribution < -0.4 is 0 Å². The van der Waals surface area contributed by atoms with Crippen LogP contribution in [0, 0.1) is 20.8 Å². The Morgan fingerprint density at radius 1 is 1.26 bits per heavy atom. The third kappa shape index (κ3) is 3.42. The van der Waals surface area contributed by atoms with Crippen molar-refractivity contribution in [1.82, 2.24) is 19.9 Å². The van der Waals surface area contributed by atoms with E-state index in [1.54, 1.807) is 18.3 Å². The van der Waals surface area contributed by atoms with Crippen LogP contribution in [-0.4, -0.2) is 38.8 Å². The molecule has 2 aromatic heterocycles. The van der Waals surface area contributed by atoms with E-state index in [1.807, 2.05) is 18.7 Å². The summed E-state index contributed by atoms with van der Waals surface area (Å²) in [5, 5.41) is 0.950. The van der Waals surface area contributed by atoms with Crippen molar-refractivity contribution in [3.8, 4) is 10.7 Å². The number of piperidine rings is 1. The molecule has 0 unspecified atom stereocenters. The predicted octanol–water partition coefficient (Wildman–Crippen LogP) is 3.25. The highest BCUT2D eigenvalue weighted by Crippen LogP contribution is 2.30. The van der Waals surface area contributed by atoms with Crippen molar-refractivity contribution in [3.63, 3.8) is 0 Å². The third-order valence-electron chi connectivity index (χ3n) is 4.39. The van der Waals surface area contributed by atoms with E-state index >= 15 is 0 Å². The Kier molecular flexibility index (Phi) is 4.43. The molecule has 0 bridgehead atoms. The number of likely N-dealkylation sites (tertiary alicyclic amines) is 1. The molecule has 6 heteroatoms. The summed E-state index contributed by atoms with van der Waals surface area (Å²) >= 11 is 1.67. The highest BCUT2D eigenvalue weighted by atomic mass is 32.1. The van der Waals surface area contributed by atoms with Crippen molar-refractivity contribution >= 4 is 17.2 Å². The van der Waals surface area contributed by atoms with Crippen LogP contribution in [0.2, 0.25) is 0 Å². The first-order valence-electron chi connectivity index (χ1n) is 7.99. The lowest BCUT2D eigenvalue weighted by Gasteiger charge is -2.31. The average molecular weight is 330 g/mol. The highest BCUT2D eigenvalue weighted by molar-refractivity contribution is 7.15. The highest BCUT2D eigenvalue weighted by Gasteiger charge is 2.25. The standard InChI is InChI=1S/C17H22N4OS/c1-10-11(2)23-17(18-10)16-8-15(19-12(3)20-16)14-6-5-7-21(9-14)13(4)22/h8,14H,5-7,9H2,1-4H3/t14-/m1/s1. The molecule has 122 valence electrons. The number of aryl methyl sites for hydroxylation is 3. The van der Waals surface area contributed by atoms with Gasteiger partial charge in [0, 0.05) is 36.5 Å². The number of hydrogen-bond donors (Lipinski definition) is 0. The second-order valence-corrected chi connectivity index (χ2v) is 7.39. The average Bonchev–Trinajstić information content (AvgIpc) is 2.86. The number of carbonyl (C=O) groups excluding carboxylic acids is 1. The van der Waals surface area contributed by atoms with Crippen molar-refractivity contribution in [2.75, 3.05) is 13.1 Å². The molecule has 0 saturated carbocycles. The molecule has 0 radical (unpaired) electrons. The van der Waals surface area contributed by atoms with Gasteiger partial charge in [0.2, 0.25) is 5.91 Å². The van der Waals surface area contributed by atoms with Gasteiger partial charge in [-0.25, -0.2) is 15.0 Å². The predicted molar refractivity (Wildman–Crippen MR) is 91.6 cm³/mol. The Balaban J connectivity index is 1.92. The Labute approximate surface area is 140 Å². The zero-order valence-corrected chi connectivity index (χ0v) is 14.9. The smallest absolute Gasteiger partial charge is 0.219 e. The van der Waals surface area contributed by atoms with Gasteiger partial charge in [0.15, 0.2) is 0 Å². The van der Waals surface area contributed by atoms with E-state index in [2.05, 4.69) is 27.9 Å². The quantitative estimate of drug-likeness (QED) is 0.848. The number of aromatic nitrogens is 3. The van der Waals surface area contributed by atoms with Crippen molar-refractivity contribution in [3.05, 3.63) is 28.2 Å². The summed E-state index contributed by atoms with van der Waals surface area (Å²) in [6.45, 7) is 9.27. The fourth-order valence-electron chi connectivity index (χ4n) is 3.00. The molecule has 5 nitrogen and oxygen atoms in total. The van der Waals surface area contributed by atoms with Gasteiger partial charge in [0.1, 0.15) is 16.5 Å². The van der Waals surface area contributed by atoms with Crippen molar-refractivity contribution in [2.24, 2.45) is 0 Å². The fourth-order valence-corrected chi connectivity index (χ4v) is 3.87. The minimum Gasteiger partial charge on any atom is -0.342 e. The normalized spacial score (nSPS) is 18.3. The van der Waals surface area contributed by atoms with Gasteiger partial charge in [0.25, 0.3) is 0 Å². The van der Waals surface area contributed by atoms with Crippen LogP contribution in [0.5, 0.6) is 0 Å². The molecule has 2 aromatic rings. The Morgan fingerprint density at radius 3 is 2.70 bits per heavy atom. The maximum Gasteiger partial charge on any atom is 0.219 e. The zero-order valence-electron chi connectivity index (χ0n) is 14.1. The summed E-state index contributed by atoms with van der Waals surface area (Å²) in [6, 6.07) is 2.05. The molecule has 1 atom stereocenters. The molecular weight excluding hydrogens is 308 g/mol. The number of rotatable bonds is 2.